The van der Waals surface area contributed by atoms with Crippen LogP contribution in [0, 0.1) is 17.6 Å². The Kier molecular flexibility index (Phi) is 7.65. The van der Waals surface area contributed by atoms with Gasteiger partial charge in [0.2, 0.25) is 15.9 Å². The van der Waals surface area contributed by atoms with Crippen molar-refractivity contribution in [1.82, 2.24) is 9.21 Å². The van der Waals surface area contributed by atoms with E-state index in [9.17, 15) is 26.8 Å². The third-order valence-electron chi connectivity index (χ3n) is 5.34. The molecule has 1 saturated heterocycles. The maximum atomic E-state index is 13.5. The number of rotatable bonds is 7. The Morgan fingerprint density at radius 2 is 1.70 bits per heavy atom. The molecule has 0 unspecified atom stereocenters. The van der Waals surface area contributed by atoms with Gasteiger partial charge < -0.3 is 15.0 Å². The van der Waals surface area contributed by atoms with Gasteiger partial charge in [-0.3, -0.25) is 9.59 Å². The molecule has 1 aliphatic rings. The molecule has 0 spiro atoms. The maximum absolute atomic E-state index is 13.5. The molecule has 33 heavy (non-hydrogen) atoms. The molecule has 2 aromatic carbocycles. The standard InChI is InChI=1S/C22H25F2N3O5S/c1-26(2)21(28)14-32-17-5-3-16(4-6-17)25-22(29)15-9-11-27(12-10-15)33(30,31)18-7-8-19(23)20(24)13-18/h3-8,13,15H,9-12,14H2,1-2H3,(H,25,29). The lowest BCUT2D eigenvalue weighted by Crippen LogP contribution is -2.41. The highest BCUT2D eigenvalue weighted by molar-refractivity contribution is 7.89. The Hall–Kier alpha value is -3.05. The van der Waals surface area contributed by atoms with Gasteiger partial charge in [0.15, 0.2) is 18.2 Å². The third-order valence-corrected chi connectivity index (χ3v) is 7.23. The van der Waals surface area contributed by atoms with Crippen LogP contribution < -0.4 is 10.1 Å². The Bertz CT molecular complexity index is 1120. The first kappa shape index (κ1) is 24.6. The van der Waals surface area contributed by atoms with E-state index in [0.29, 0.717) is 30.3 Å². The second kappa shape index (κ2) is 10.3. The number of nitrogens with one attached hydrogen (secondary N) is 1. The van der Waals surface area contributed by atoms with Crippen molar-refractivity contribution in [1.29, 1.82) is 0 Å². The van der Waals surface area contributed by atoms with Crippen LogP contribution in [0.1, 0.15) is 12.8 Å². The predicted molar refractivity (Wildman–Crippen MR) is 117 cm³/mol. The van der Waals surface area contributed by atoms with Crippen LogP contribution in [-0.2, 0) is 19.6 Å². The van der Waals surface area contributed by atoms with Crippen LogP contribution in [0.4, 0.5) is 14.5 Å². The minimum Gasteiger partial charge on any atom is -0.484 e. The van der Waals surface area contributed by atoms with Crippen molar-refractivity contribution in [2.75, 3.05) is 39.1 Å². The summed E-state index contributed by atoms with van der Waals surface area (Å²) in [5.41, 5.74) is 0.545. The predicted octanol–water partition coefficient (Wildman–Crippen LogP) is 2.47. The highest BCUT2D eigenvalue weighted by Gasteiger charge is 2.32. The van der Waals surface area contributed by atoms with Gasteiger partial charge in [-0.1, -0.05) is 0 Å². The van der Waals surface area contributed by atoms with Crippen molar-refractivity contribution in [3.05, 3.63) is 54.1 Å². The van der Waals surface area contributed by atoms with E-state index < -0.39 is 27.6 Å². The average Bonchev–Trinajstić information content (AvgIpc) is 2.80. The Morgan fingerprint density at radius 1 is 1.06 bits per heavy atom. The normalized spacial score (nSPS) is 15.2. The van der Waals surface area contributed by atoms with Gasteiger partial charge in [0.1, 0.15) is 5.75 Å². The molecule has 0 radical (unpaired) electrons. The van der Waals surface area contributed by atoms with E-state index in [1.54, 1.807) is 38.4 Å². The van der Waals surface area contributed by atoms with Gasteiger partial charge in [-0.05, 0) is 55.3 Å². The Labute approximate surface area is 191 Å². The number of benzene rings is 2. The number of amides is 2. The minimum absolute atomic E-state index is 0.0894. The van der Waals surface area contributed by atoms with Gasteiger partial charge in [0, 0.05) is 38.8 Å². The average molecular weight is 482 g/mol. The summed E-state index contributed by atoms with van der Waals surface area (Å²) < 4.78 is 58.5. The number of likely N-dealkylation sites (N-methyl/N-ethyl adjacent to an activating group) is 1. The highest BCUT2D eigenvalue weighted by atomic mass is 32.2. The number of ether oxygens (including phenoxy) is 1. The van der Waals surface area contributed by atoms with E-state index in [0.717, 1.165) is 12.1 Å². The maximum Gasteiger partial charge on any atom is 0.259 e. The number of carbonyl (C=O) groups excluding carboxylic acids is 2. The summed E-state index contributed by atoms with van der Waals surface area (Å²) in [6.07, 6.45) is 0.588. The SMILES string of the molecule is CN(C)C(=O)COc1ccc(NC(=O)C2CCN(S(=O)(=O)c3ccc(F)c(F)c3)CC2)cc1. The van der Waals surface area contributed by atoms with Crippen LogP contribution >= 0.6 is 0 Å². The number of carbonyl (C=O) groups is 2. The molecule has 178 valence electrons. The number of halogens is 2. The molecule has 0 aromatic heterocycles. The van der Waals surface area contributed by atoms with E-state index in [1.807, 2.05) is 0 Å². The number of piperidine rings is 1. The van der Waals surface area contributed by atoms with Crippen molar-refractivity contribution in [2.24, 2.45) is 5.92 Å². The zero-order valence-corrected chi connectivity index (χ0v) is 19.1. The number of nitrogens with zero attached hydrogens (tertiary/aromatic N) is 2. The van der Waals surface area contributed by atoms with Gasteiger partial charge in [-0.2, -0.15) is 4.31 Å². The number of anilines is 1. The summed E-state index contributed by atoms with van der Waals surface area (Å²) in [5.74, 6) is -2.67. The molecular weight excluding hydrogens is 456 g/mol. The zero-order chi connectivity index (χ0) is 24.2. The quantitative estimate of drug-likeness (QED) is 0.656. The van der Waals surface area contributed by atoms with Crippen LogP contribution in [0.2, 0.25) is 0 Å². The monoisotopic (exact) mass is 481 g/mol. The molecule has 0 atom stereocenters. The van der Waals surface area contributed by atoms with Crippen molar-refractivity contribution >= 4 is 27.5 Å². The zero-order valence-electron chi connectivity index (χ0n) is 18.3. The fraction of sp³-hybridized carbons (Fsp3) is 0.364. The second-order valence-corrected chi connectivity index (χ2v) is 9.78. The van der Waals surface area contributed by atoms with Crippen molar-refractivity contribution in [2.45, 2.75) is 17.7 Å². The van der Waals surface area contributed by atoms with Gasteiger partial charge in [0.05, 0.1) is 4.90 Å². The molecule has 11 heteroatoms. The van der Waals surface area contributed by atoms with E-state index >= 15 is 0 Å². The fourth-order valence-electron chi connectivity index (χ4n) is 3.30. The third kappa shape index (κ3) is 6.05. The Morgan fingerprint density at radius 3 is 2.27 bits per heavy atom. The largest absolute Gasteiger partial charge is 0.484 e. The molecule has 2 amide bonds. The molecule has 1 aliphatic heterocycles. The van der Waals surface area contributed by atoms with Crippen LogP contribution in [0.3, 0.4) is 0 Å². The summed E-state index contributed by atoms with van der Waals surface area (Å²) in [6.45, 7) is 0.0863. The first-order valence-electron chi connectivity index (χ1n) is 10.3. The number of hydrogen-bond donors (Lipinski definition) is 1. The highest BCUT2D eigenvalue weighted by Crippen LogP contribution is 2.26. The van der Waals surface area contributed by atoms with Gasteiger partial charge >= 0.3 is 0 Å². The molecule has 8 nitrogen and oxygen atoms in total. The molecule has 1 heterocycles. The van der Waals surface area contributed by atoms with E-state index in [-0.39, 0.29) is 36.4 Å². The van der Waals surface area contributed by atoms with Crippen molar-refractivity contribution in [3.8, 4) is 5.75 Å². The van der Waals surface area contributed by atoms with Crippen molar-refractivity contribution in [3.63, 3.8) is 0 Å². The van der Waals surface area contributed by atoms with Gasteiger partial charge in [-0.25, -0.2) is 17.2 Å². The summed E-state index contributed by atoms with van der Waals surface area (Å²) in [5, 5.41) is 2.79. The van der Waals surface area contributed by atoms with Gasteiger partial charge in [0.25, 0.3) is 5.91 Å². The lowest BCUT2D eigenvalue weighted by molar-refractivity contribution is -0.130. The van der Waals surface area contributed by atoms with E-state index in [4.69, 9.17) is 4.74 Å². The number of sulfonamides is 1. The van der Waals surface area contributed by atoms with Crippen LogP contribution in [0.5, 0.6) is 5.75 Å². The van der Waals surface area contributed by atoms with E-state index in [1.165, 1.54) is 9.21 Å². The van der Waals surface area contributed by atoms with Crippen LogP contribution in [0.25, 0.3) is 0 Å². The fourth-order valence-corrected chi connectivity index (χ4v) is 4.78. The first-order valence-corrected chi connectivity index (χ1v) is 11.7. The van der Waals surface area contributed by atoms with Crippen molar-refractivity contribution < 1.29 is 31.5 Å². The molecule has 0 saturated carbocycles. The molecule has 0 bridgehead atoms. The minimum atomic E-state index is -3.98. The molecule has 1 fully saturated rings. The second-order valence-electron chi connectivity index (χ2n) is 7.84. The molecular formula is C22H25F2N3O5S. The number of hydrogen-bond acceptors (Lipinski definition) is 5. The first-order chi connectivity index (χ1) is 15.6. The molecule has 0 aliphatic carbocycles. The van der Waals surface area contributed by atoms with E-state index in [2.05, 4.69) is 5.32 Å². The lowest BCUT2D eigenvalue weighted by atomic mass is 9.97. The summed E-state index contributed by atoms with van der Waals surface area (Å²) in [4.78, 5) is 25.3. The van der Waals surface area contributed by atoms with Crippen LogP contribution in [-0.4, -0.2) is 63.2 Å². The Balaban J connectivity index is 1.53. The smallest absolute Gasteiger partial charge is 0.259 e. The molecule has 3 rings (SSSR count). The topological polar surface area (TPSA) is 96.0 Å². The van der Waals surface area contributed by atoms with Gasteiger partial charge in [-0.15, -0.1) is 0 Å². The molecule has 1 N–H and O–H groups in total. The van der Waals surface area contributed by atoms with Crippen LogP contribution in [0.15, 0.2) is 47.4 Å². The summed E-state index contributed by atoms with van der Waals surface area (Å²) in [7, 11) is -0.714. The summed E-state index contributed by atoms with van der Waals surface area (Å²) in [6, 6.07) is 9.03. The lowest BCUT2D eigenvalue weighted by Gasteiger charge is -2.30. The molecule has 2 aromatic rings. The summed E-state index contributed by atoms with van der Waals surface area (Å²) >= 11 is 0.